The molecule has 1 aliphatic heterocycles. The second-order valence-corrected chi connectivity index (χ2v) is 7.06. The molecule has 0 atom stereocenters. The summed E-state index contributed by atoms with van der Waals surface area (Å²) in [6.07, 6.45) is 2.88. The van der Waals surface area contributed by atoms with Gasteiger partial charge in [0, 0.05) is 42.5 Å². The van der Waals surface area contributed by atoms with E-state index in [2.05, 4.69) is 14.9 Å². The number of nitrogens with zero attached hydrogens (tertiary/aromatic N) is 3. The fourth-order valence-corrected chi connectivity index (χ4v) is 3.40. The van der Waals surface area contributed by atoms with Crippen LogP contribution >= 0.6 is 23.2 Å². The lowest BCUT2D eigenvalue weighted by molar-refractivity contribution is 0.224. The molecular weight excluding hydrogens is 357 g/mol. The number of aryl methyl sites for hydroxylation is 1. The first-order valence-corrected chi connectivity index (χ1v) is 8.92. The summed E-state index contributed by atoms with van der Waals surface area (Å²) in [4.78, 5) is 11.2. The van der Waals surface area contributed by atoms with Crippen molar-refractivity contribution < 1.29 is 4.42 Å². The van der Waals surface area contributed by atoms with Gasteiger partial charge in [0.15, 0.2) is 0 Å². The molecule has 3 heterocycles. The van der Waals surface area contributed by atoms with E-state index in [1.54, 1.807) is 6.07 Å². The zero-order valence-corrected chi connectivity index (χ0v) is 15.3. The van der Waals surface area contributed by atoms with Gasteiger partial charge in [0.2, 0.25) is 0 Å². The summed E-state index contributed by atoms with van der Waals surface area (Å²) in [5, 5.41) is 1.07. The maximum atomic E-state index is 6.09. The maximum Gasteiger partial charge on any atom is 0.134 e. The Morgan fingerprint density at radius 3 is 2.88 bits per heavy atom. The number of fused-ring (bicyclic) bond motifs is 1. The molecule has 0 saturated heterocycles. The highest BCUT2D eigenvalue weighted by molar-refractivity contribution is 6.42. The predicted octanol–water partition coefficient (Wildman–Crippen LogP) is 4.91. The zero-order chi connectivity index (χ0) is 17.4. The van der Waals surface area contributed by atoms with Crippen LogP contribution in [0.4, 0.5) is 0 Å². The Hall–Kier alpha value is -1.88. The lowest BCUT2D eigenvalue weighted by atomic mass is 10.1. The number of rotatable bonds is 3. The van der Waals surface area contributed by atoms with Crippen LogP contribution in [0.15, 0.2) is 40.9 Å². The minimum absolute atomic E-state index is 0.528. The molecular formula is C19H17Cl2N3O. The van der Waals surface area contributed by atoms with Gasteiger partial charge in [-0.3, -0.25) is 4.90 Å². The molecule has 0 radical (unpaired) electrons. The highest BCUT2D eigenvalue weighted by Gasteiger charge is 2.19. The number of hydrogen-bond donors (Lipinski definition) is 0. The Balaban J connectivity index is 1.48. The average molecular weight is 374 g/mol. The summed E-state index contributed by atoms with van der Waals surface area (Å²) in [7, 11) is 0. The SMILES string of the molecule is Cc1ncc2c(n1)CCN(Cc1ccc(-c3ccc(Cl)c(Cl)c3)o1)C2. The summed E-state index contributed by atoms with van der Waals surface area (Å²) in [6, 6.07) is 9.50. The monoisotopic (exact) mass is 373 g/mol. The van der Waals surface area contributed by atoms with E-state index in [0.717, 1.165) is 49.0 Å². The zero-order valence-electron chi connectivity index (χ0n) is 13.8. The van der Waals surface area contributed by atoms with Crippen molar-refractivity contribution in [2.75, 3.05) is 6.54 Å². The molecule has 6 heteroatoms. The van der Waals surface area contributed by atoms with Crippen LogP contribution in [0.5, 0.6) is 0 Å². The quantitative estimate of drug-likeness (QED) is 0.653. The first kappa shape index (κ1) is 16.6. The van der Waals surface area contributed by atoms with Crippen molar-refractivity contribution >= 4 is 23.2 Å². The molecule has 1 aromatic carbocycles. The van der Waals surface area contributed by atoms with Crippen LogP contribution in [0.1, 0.15) is 22.8 Å². The van der Waals surface area contributed by atoms with Crippen LogP contribution in [-0.4, -0.2) is 21.4 Å². The number of hydrogen-bond acceptors (Lipinski definition) is 4. The van der Waals surface area contributed by atoms with Gasteiger partial charge in [-0.1, -0.05) is 23.2 Å². The molecule has 0 spiro atoms. The first-order valence-electron chi connectivity index (χ1n) is 8.16. The van der Waals surface area contributed by atoms with Crippen molar-refractivity contribution in [2.45, 2.75) is 26.4 Å². The molecule has 3 aromatic rings. The minimum Gasteiger partial charge on any atom is -0.460 e. The van der Waals surface area contributed by atoms with Crippen molar-refractivity contribution in [1.82, 2.24) is 14.9 Å². The second kappa shape index (κ2) is 6.79. The normalized spacial score (nSPS) is 14.5. The standard InChI is InChI=1S/C19H17Cl2N3O/c1-12-22-9-14-10-24(7-6-18(14)23-12)11-15-3-5-19(25-15)13-2-4-16(20)17(21)8-13/h2-5,8-9H,6-7,10-11H2,1H3. The topological polar surface area (TPSA) is 42.2 Å². The summed E-state index contributed by atoms with van der Waals surface area (Å²) in [6.45, 7) is 4.50. The third-order valence-electron chi connectivity index (χ3n) is 4.38. The molecule has 0 fully saturated rings. The molecule has 0 aliphatic carbocycles. The first-order chi connectivity index (χ1) is 12.1. The Labute approximate surface area is 156 Å². The van der Waals surface area contributed by atoms with Gasteiger partial charge in [-0.2, -0.15) is 0 Å². The number of aromatic nitrogens is 2. The van der Waals surface area contributed by atoms with Gasteiger partial charge in [-0.05, 0) is 37.3 Å². The number of halogens is 2. The molecule has 0 bridgehead atoms. The third kappa shape index (κ3) is 3.56. The highest BCUT2D eigenvalue weighted by atomic mass is 35.5. The molecule has 0 saturated carbocycles. The van der Waals surface area contributed by atoms with Gasteiger partial charge in [0.25, 0.3) is 0 Å². The molecule has 2 aromatic heterocycles. The average Bonchev–Trinajstić information content (AvgIpc) is 3.06. The molecule has 4 nitrogen and oxygen atoms in total. The van der Waals surface area contributed by atoms with Crippen LogP contribution in [0, 0.1) is 6.92 Å². The molecule has 0 amide bonds. The Kier molecular flexibility index (Phi) is 4.50. The molecule has 128 valence electrons. The fraction of sp³-hybridized carbons (Fsp3) is 0.263. The van der Waals surface area contributed by atoms with Crippen molar-refractivity contribution in [3.8, 4) is 11.3 Å². The van der Waals surface area contributed by atoms with Crippen molar-refractivity contribution in [3.63, 3.8) is 0 Å². The van der Waals surface area contributed by atoms with Crippen LogP contribution in [0.25, 0.3) is 11.3 Å². The van der Waals surface area contributed by atoms with E-state index >= 15 is 0 Å². The van der Waals surface area contributed by atoms with Gasteiger partial charge < -0.3 is 4.42 Å². The van der Waals surface area contributed by atoms with Gasteiger partial charge in [-0.15, -0.1) is 0 Å². The maximum absolute atomic E-state index is 6.09. The predicted molar refractivity (Wildman–Crippen MR) is 98.8 cm³/mol. The van der Waals surface area contributed by atoms with Crippen molar-refractivity contribution in [2.24, 2.45) is 0 Å². The molecule has 0 N–H and O–H groups in total. The summed E-state index contributed by atoms with van der Waals surface area (Å²) < 4.78 is 6.00. The Bertz CT molecular complexity index is 923. The van der Waals surface area contributed by atoms with Gasteiger partial charge in [0.1, 0.15) is 17.3 Å². The summed E-state index contributed by atoms with van der Waals surface area (Å²) in [5.74, 6) is 2.56. The van der Waals surface area contributed by atoms with Gasteiger partial charge >= 0.3 is 0 Å². The van der Waals surface area contributed by atoms with Crippen molar-refractivity contribution in [3.05, 3.63) is 69.4 Å². The Morgan fingerprint density at radius 2 is 2.04 bits per heavy atom. The molecule has 4 rings (SSSR count). The number of benzene rings is 1. The van der Waals surface area contributed by atoms with E-state index in [1.165, 1.54) is 11.3 Å². The smallest absolute Gasteiger partial charge is 0.134 e. The largest absolute Gasteiger partial charge is 0.460 e. The second-order valence-electron chi connectivity index (χ2n) is 6.24. The molecule has 1 aliphatic rings. The Morgan fingerprint density at radius 1 is 1.16 bits per heavy atom. The van der Waals surface area contributed by atoms with E-state index < -0.39 is 0 Å². The van der Waals surface area contributed by atoms with E-state index in [-0.39, 0.29) is 0 Å². The summed E-state index contributed by atoms with van der Waals surface area (Å²) in [5.41, 5.74) is 3.29. The lowest BCUT2D eigenvalue weighted by Crippen LogP contribution is -2.30. The molecule has 25 heavy (non-hydrogen) atoms. The highest BCUT2D eigenvalue weighted by Crippen LogP contribution is 2.30. The van der Waals surface area contributed by atoms with Crippen LogP contribution in [0.2, 0.25) is 10.0 Å². The van der Waals surface area contributed by atoms with E-state index in [4.69, 9.17) is 27.6 Å². The van der Waals surface area contributed by atoms with Gasteiger partial charge in [0.05, 0.1) is 16.6 Å². The van der Waals surface area contributed by atoms with E-state index in [9.17, 15) is 0 Å². The van der Waals surface area contributed by atoms with Gasteiger partial charge in [-0.25, -0.2) is 9.97 Å². The summed E-state index contributed by atoms with van der Waals surface area (Å²) >= 11 is 12.1. The van der Waals surface area contributed by atoms with Crippen LogP contribution < -0.4 is 0 Å². The third-order valence-corrected chi connectivity index (χ3v) is 5.12. The van der Waals surface area contributed by atoms with Crippen molar-refractivity contribution in [1.29, 1.82) is 0 Å². The number of furan rings is 1. The molecule has 0 unspecified atom stereocenters. The van der Waals surface area contributed by atoms with E-state index in [1.807, 2.05) is 37.4 Å². The van der Waals surface area contributed by atoms with E-state index in [0.29, 0.717) is 10.0 Å². The minimum atomic E-state index is 0.528. The lowest BCUT2D eigenvalue weighted by Gasteiger charge is -2.27. The fourth-order valence-electron chi connectivity index (χ4n) is 3.10. The van der Waals surface area contributed by atoms with Crippen LogP contribution in [-0.2, 0) is 19.5 Å². The van der Waals surface area contributed by atoms with Crippen LogP contribution in [0.3, 0.4) is 0 Å².